The number of hydrogen-bond acceptors (Lipinski definition) is 3. The molecule has 0 saturated heterocycles. The highest BCUT2D eigenvalue weighted by atomic mass is 19.1. The lowest BCUT2D eigenvalue weighted by Gasteiger charge is -2.35. The first-order valence-corrected chi connectivity index (χ1v) is 10.7. The van der Waals surface area contributed by atoms with Gasteiger partial charge in [-0.05, 0) is 42.5 Å². The lowest BCUT2D eigenvalue weighted by atomic mass is 9.80. The third-order valence-electron chi connectivity index (χ3n) is 6.87. The zero-order chi connectivity index (χ0) is 21.7. The van der Waals surface area contributed by atoms with E-state index < -0.39 is 24.2 Å². The molecule has 5 rings (SSSR count). The summed E-state index contributed by atoms with van der Waals surface area (Å²) < 4.78 is 17.1. The number of hydrogen-bond donors (Lipinski definition) is 1. The number of rotatable bonds is 3. The van der Waals surface area contributed by atoms with Gasteiger partial charge in [-0.1, -0.05) is 25.1 Å². The van der Waals surface area contributed by atoms with Gasteiger partial charge in [0, 0.05) is 25.1 Å². The van der Waals surface area contributed by atoms with Crippen LogP contribution in [0.15, 0.2) is 36.9 Å². The van der Waals surface area contributed by atoms with Crippen molar-refractivity contribution in [1.29, 1.82) is 0 Å². The number of carbonyl (C=O) groups is 2. The van der Waals surface area contributed by atoms with Crippen LogP contribution in [0.1, 0.15) is 59.9 Å². The first kappa shape index (κ1) is 19.8. The Morgan fingerprint density at radius 3 is 2.55 bits per heavy atom. The van der Waals surface area contributed by atoms with Gasteiger partial charge < -0.3 is 10.0 Å². The number of carboxylic acid groups (broad SMARTS) is 1. The number of amides is 2. The minimum absolute atomic E-state index is 0.0872. The van der Waals surface area contributed by atoms with Crippen molar-refractivity contribution in [2.24, 2.45) is 0 Å². The Labute approximate surface area is 179 Å². The summed E-state index contributed by atoms with van der Waals surface area (Å²) >= 11 is 0. The molecule has 0 bridgehead atoms. The second-order valence-electron chi connectivity index (χ2n) is 8.53. The molecule has 8 heteroatoms. The molecule has 7 nitrogen and oxygen atoms in total. The molecule has 1 aromatic heterocycles. The second kappa shape index (κ2) is 7.51. The summed E-state index contributed by atoms with van der Waals surface area (Å²) in [5.74, 6) is 0.212. The van der Waals surface area contributed by atoms with Crippen molar-refractivity contribution in [2.75, 3.05) is 19.6 Å². The molecule has 2 unspecified atom stereocenters. The van der Waals surface area contributed by atoms with Crippen LogP contribution in [0.2, 0.25) is 0 Å². The van der Waals surface area contributed by atoms with E-state index in [9.17, 15) is 14.7 Å². The third-order valence-corrected chi connectivity index (χ3v) is 6.87. The Kier molecular flexibility index (Phi) is 4.79. The van der Waals surface area contributed by atoms with E-state index in [0.717, 1.165) is 17.5 Å². The van der Waals surface area contributed by atoms with Gasteiger partial charge in [-0.3, -0.25) is 9.69 Å². The van der Waals surface area contributed by atoms with Gasteiger partial charge in [0.2, 0.25) is 5.91 Å². The lowest BCUT2D eigenvalue weighted by Crippen LogP contribution is -2.45. The summed E-state index contributed by atoms with van der Waals surface area (Å²) in [4.78, 5) is 26.8. The van der Waals surface area contributed by atoms with E-state index in [-0.39, 0.29) is 25.3 Å². The summed E-state index contributed by atoms with van der Waals surface area (Å²) in [6.07, 6.45) is 2.71. The van der Waals surface area contributed by atoms with Crippen LogP contribution >= 0.6 is 0 Å². The summed E-state index contributed by atoms with van der Waals surface area (Å²) in [6.45, 7) is 3.67. The van der Waals surface area contributed by atoms with E-state index in [2.05, 4.69) is 23.8 Å². The van der Waals surface area contributed by atoms with Gasteiger partial charge in [0.1, 0.15) is 5.69 Å². The Bertz CT molecular complexity index is 1040. The molecule has 1 saturated carbocycles. The normalized spacial score (nSPS) is 23.0. The number of carbonyl (C=O) groups excluding carboxylic acids is 1. The van der Waals surface area contributed by atoms with Crippen LogP contribution in [0.5, 0.6) is 0 Å². The molecule has 2 atom stereocenters. The van der Waals surface area contributed by atoms with Gasteiger partial charge in [-0.15, -0.1) is 0 Å². The standard InChI is InChI=1S/C23H25FN4O3/c1-2-20(29)26-12-17(24)22-21-18(10-11-27(23(30)31)19(21)13-26)28(25-22)16-8-6-15(7-9-16)14-4-3-5-14/h2,6-9,14,17,19H,1,3-5,10-13H2,(H,30,31). The van der Waals surface area contributed by atoms with Crippen molar-refractivity contribution >= 4 is 12.0 Å². The van der Waals surface area contributed by atoms with Gasteiger partial charge in [0.15, 0.2) is 6.17 Å². The highest BCUT2D eigenvalue weighted by Crippen LogP contribution is 2.41. The Hall–Kier alpha value is -3.16. The molecule has 3 aliphatic rings. The SMILES string of the molecule is C=CC(=O)N1CC(F)c2nn(-c3ccc(C4CCC4)cc3)c3c2C(C1)N(C(=O)O)CC3. The predicted octanol–water partition coefficient (Wildman–Crippen LogP) is 3.76. The Morgan fingerprint density at radius 2 is 1.94 bits per heavy atom. The molecule has 31 heavy (non-hydrogen) atoms. The van der Waals surface area contributed by atoms with E-state index in [1.807, 2.05) is 12.1 Å². The molecular formula is C23H25FN4O3. The van der Waals surface area contributed by atoms with Gasteiger partial charge >= 0.3 is 6.09 Å². The molecule has 2 aromatic rings. The van der Waals surface area contributed by atoms with Crippen LogP contribution in [-0.4, -0.2) is 56.3 Å². The number of alkyl halides is 1. The minimum atomic E-state index is -1.49. The maximum Gasteiger partial charge on any atom is 0.407 e. The Morgan fingerprint density at radius 1 is 1.19 bits per heavy atom. The fourth-order valence-corrected chi connectivity index (χ4v) is 4.99. The van der Waals surface area contributed by atoms with E-state index in [4.69, 9.17) is 0 Å². The number of nitrogens with zero attached hydrogens (tertiary/aromatic N) is 4. The molecule has 162 valence electrons. The number of aromatic nitrogens is 2. The van der Waals surface area contributed by atoms with Crippen LogP contribution in [0.4, 0.5) is 9.18 Å². The molecule has 0 radical (unpaired) electrons. The van der Waals surface area contributed by atoms with E-state index in [1.165, 1.54) is 34.6 Å². The van der Waals surface area contributed by atoms with Crippen LogP contribution in [-0.2, 0) is 11.2 Å². The van der Waals surface area contributed by atoms with Crippen molar-refractivity contribution in [3.05, 3.63) is 59.4 Å². The number of halogens is 1. The van der Waals surface area contributed by atoms with Crippen LogP contribution in [0.25, 0.3) is 5.69 Å². The van der Waals surface area contributed by atoms with E-state index >= 15 is 4.39 Å². The first-order valence-electron chi connectivity index (χ1n) is 10.7. The van der Waals surface area contributed by atoms with Gasteiger partial charge in [-0.2, -0.15) is 5.10 Å². The van der Waals surface area contributed by atoms with Crippen molar-refractivity contribution in [3.8, 4) is 5.69 Å². The highest BCUT2D eigenvalue weighted by Gasteiger charge is 2.42. The zero-order valence-corrected chi connectivity index (χ0v) is 17.2. The molecule has 1 aromatic carbocycles. The molecular weight excluding hydrogens is 399 g/mol. The fourth-order valence-electron chi connectivity index (χ4n) is 4.99. The van der Waals surface area contributed by atoms with Crippen LogP contribution in [0.3, 0.4) is 0 Å². The summed E-state index contributed by atoms with van der Waals surface area (Å²) in [7, 11) is 0. The monoisotopic (exact) mass is 424 g/mol. The smallest absolute Gasteiger partial charge is 0.407 e. The zero-order valence-electron chi connectivity index (χ0n) is 17.2. The largest absolute Gasteiger partial charge is 0.465 e. The molecule has 1 fully saturated rings. The first-order chi connectivity index (χ1) is 15.0. The van der Waals surface area contributed by atoms with Crippen molar-refractivity contribution in [1.82, 2.24) is 19.6 Å². The van der Waals surface area contributed by atoms with Crippen molar-refractivity contribution in [2.45, 2.75) is 43.8 Å². The van der Waals surface area contributed by atoms with Crippen molar-refractivity contribution in [3.63, 3.8) is 0 Å². The fraction of sp³-hybridized carbons (Fsp3) is 0.435. The molecule has 3 heterocycles. The van der Waals surface area contributed by atoms with E-state index in [1.54, 1.807) is 4.68 Å². The summed E-state index contributed by atoms with van der Waals surface area (Å²) in [5.41, 5.74) is 3.82. The maximum atomic E-state index is 15.3. The predicted molar refractivity (Wildman–Crippen MR) is 112 cm³/mol. The molecule has 1 aliphatic carbocycles. The minimum Gasteiger partial charge on any atom is -0.465 e. The third kappa shape index (κ3) is 3.21. The van der Waals surface area contributed by atoms with Gasteiger partial charge in [-0.25, -0.2) is 13.9 Å². The average molecular weight is 424 g/mol. The van der Waals surface area contributed by atoms with E-state index in [0.29, 0.717) is 17.9 Å². The number of benzene rings is 1. The molecule has 2 aliphatic heterocycles. The Balaban J connectivity index is 1.57. The summed E-state index contributed by atoms with van der Waals surface area (Å²) in [6, 6.07) is 7.59. The van der Waals surface area contributed by atoms with Crippen molar-refractivity contribution < 1.29 is 19.1 Å². The molecule has 0 spiro atoms. The molecule has 1 N–H and O–H groups in total. The van der Waals surface area contributed by atoms with Gasteiger partial charge in [0.05, 0.1) is 24.0 Å². The lowest BCUT2D eigenvalue weighted by molar-refractivity contribution is -0.127. The maximum absolute atomic E-state index is 15.3. The summed E-state index contributed by atoms with van der Waals surface area (Å²) in [5, 5.41) is 14.3. The van der Waals surface area contributed by atoms with Crippen LogP contribution in [0, 0.1) is 0 Å². The topological polar surface area (TPSA) is 78.7 Å². The van der Waals surface area contributed by atoms with Gasteiger partial charge in [0.25, 0.3) is 0 Å². The average Bonchev–Trinajstić information content (AvgIpc) is 3.05. The highest BCUT2D eigenvalue weighted by molar-refractivity contribution is 5.87. The van der Waals surface area contributed by atoms with Crippen LogP contribution < -0.4 is 0 Å². The molecule has 2 amide bonds. The quantitative estimate of drug-likeness (QED) is 0.761. The second-order valence-corrected chi connectivity index (χ2v) is 8.53.